The summed E-state index contributed by atoms with van der Waals surface area (Å²) in [5, 5.41) is 4.48. The summed E-state index contributed by atoms with van der Waals surface area (Å²) in [5.74, 6) is 0.664. The third-order valence-corrected chi connectivity index (χ3v) is 2.78. The van der Waals surface area contributed by atoms with Gasteiger partial charge in [-0.3, -0.25) is 9.48 Å². The summed E-state index contributed by atoms with van der Waals surface area (Å²) in [6.45, 7) is 7.16. The van der Waals surface area contributed by atoms with Gasteiger partial charge in [0.1, 0.15) is 0 Å². The predicted octanol–water partition coefficient (Wildman–Crippen LogP) is 2.16. The van der Waals surface area contributed by atoms with Crippen molar-refractivity contribution in [3.63, 3.8) is 0 Å². The number of carbonyl (C=O) groups is 1. The van der Waals surface area contributed by atoms with Crippen LogP contribution >= 0.6 is 0 Å². The van der Waals surface area contributed by atoms with E-state index in [2.05, 4.69) is 25.9 Å². The van der Waals surface area contributed by atoms with Crippen molar-refractivity contribution in [3.05, 3.63) is 17.0 Å². The van der Waals surface area contributed by atoms with E-state index in [9.17, 15) is 4.79 Å². The van der Waals surface area contributed by atoms with Crippen LogP contribution in [0.1, 0.15) is 54.9 Å². The highest BCUT2D eigenvalue weighted by Crippen LogP contribution is 2.29. The van der Waals surface area contributed by atoms with Gasteiger partial charge in [0.25, 0.3) is 0 Å². The molecule has 1 aromatic rings. The summed E-state index contributed by atoms with van der Waals surface area (Å²) in [6, 6.07) is 0. The number of carbonyl (C=O) groups excluding carboxylic acids is 1. The second-order valence-corrected chi connectivity index (χ2v) is 4.10. The first-order valence-electron chi connectivity index (χ1n) is 5.28. The van der Waals surface area contributed by atoms with Gasteiger partial charge in [-0.1, -0.05) is 13.8 Å². The minimum absolute atomic E-state index is 0.281. The molecule has 1 aromatic heterocycles. The molecule has 2 rings (SSSR count). The van der Waals surface area contributed by atoms with Crippen molar-refractivity contribution < 1.29 is 4.79 Å². The summed E-state index contributed by atoms with van der Waals surface area (Å²) >= 11 is 0. The number of rotatable bonds is 2. The molecule has 1 heterocycles. The maximum absolute atomic E-state index is 11.7. The zero-order valence-corrected chi connectivity index (χ0v) is 9.00. The molecule has 76 valence electrons. The Hall–Kier alpha value is -1.12. The van der Waals surface area contributed by atoms with Crippen LogP contribution in [0.15, 0.2) is 0 Å². The van der Waals surface area contributed by atoms with Gasteiger partial charge < -0.3 is 0 Å². The fraction of sp³-hybridized carbons (Fsp3) is 0.636. The highest BCUT2D eigenvalue weighted by atomic mass is 16.1. The van der Waals surface area contributed by atoms with Crippen LogP contribution in [-0.2, 0) is 13.0 Å². The number of nitrogens with zero attached hydrogens (tertiary/aromatic N) is 2. The highest BCUT2D eigenvalue weighted by Gasteiger charge is 2.29. The molecule has 1 aliphatic carbocycles. The fourth-order valence-corrected chi connectivity index (χ4v) is 2.19. The Balaban J connectivity index is 2.59. The smallest absolute Gasteiger partial charge is 0.167 e. The zero-order valence-electron chi connectivity index (χ0n) is 9.00. The van der Waals surface area contributed by atoms with Gasteiger partial charge in [-0.25, -0.2) is 0 Å². The molecule has 0 spiro atoms. The summed E-state index contributed by atoms with van der Waals surface area (Å²) < 4.78 is 1.98. The van der Waals surface area contributed by atoms with Gasteiger partial charge in [0, 0.05) is 13.0 Å². The number of aryl methyl sites for hydroxylation is 2. The number of fused-ring (bicyclic) bond motifs is 1. The van der Waals surface area contributed by atoms with E-state index in [0.29, 0.717) is 12.3 Å². The molecule has 1 aliphatic rings. The second-order valence-electron chi connectivity index (χ2n) is 4.10. The molecule has 3 nitrogen and oxygen atoms in total. The molecule has 0 aliphatic heterocycles. The zero-order chi connectivity index (χ0) is 10.3. The van der Waals surface area contributed by atoms with Crippen LogP contribution in [0.4, 0.5) is 0 Å². The number of aromatic nitrogens is 2. The summed E-state index contributed by atoms with van der Waals surface area (Å²) in [4.78, 5) is 11.7. The van der Waals surface area contributed by atoms with E-state index >= 15 is 0 Å². The van der Waals surface area contributed by atoms with Crippen LogP contribution in [0.2, 0.25) is 0 Å². The fourth-order valence-electron chi connectivity index (χ4n) is 2.19. The first kappa shape index (κ1) is 9.44. The summed E-state index contributed by atoms with van der Waals surface area (Å²) in [5.41, 5.74) is 3.06. The quantitative estimate of drug-likeness (QED) is 0.719. The van der Waals surface area contributed by atoms with Gasteiger partial charge in [-0.15, -0.1) is 0 Å². The van der Waals surface area contributed by atoms with E-state index in [1.54, 1.807) is 0 Å². The molecule has 3 heteroatoms. The Morgan fingerprint density at radius 2 is 2.14 bits per heavy atom. The monoisotopic (exact) mass is 192 g/mol. The number of hydrogen-bond donors (Lipinski definition) is 0. The Labute approximate surface area is 84.1 Å². The Morgan fingerprint density at radius 1 is 1.43 bits per heavy atom. The first-order chi connectivity index (χ1) is 6.65. The molecular weight excluding hydrogens is 176 g/mol. The minimum atomic E-state index is 0.281. The van der Waals surface area contributed by atoms with Crippen molar-refractivity contribution in [2.75, 3.05) is 0 Å². The van der Waals surface area contributed by atoms with Crippen molar-refractivity contribution in [2.24, 2.45) is 0 Å². The topological polar surface area (TPSA) is 34.9 Å². The molecule has 0 saturated heterocycles. The molecule has 0 N–H and O–H groups in total. The Bertz CT molecular complexity index is 377. The Kier molecular flexibility index (Phi) is 2.17. The van der Waals surface area contributed by atoms with Crippen molar-refractivity contribution in [3.8, 4) is 0 Å². The lowest BCUT2D eigenvalue weighted by Crippen LogP contribution is -2.08. The minimum Gasteiger partial charge on any atom is -0.294 e. The molecule has 0 fully saturated rings. The molecule has 0 amide bonds. The molecule has 14 heavy (non-hydrogen) atoms. The van der Waals surface area contributed by atoms with Gasteiger partial charge in [-0.05, 0) is 19.3 Å². The first-order valence-corrected chi connectivity index (χ1v) is 5.28. The normalized spacial score (nSPS) is 15.3. The van der Waals surface area contributed by atoms with Crippen LogP contribution in [-0.4, -0.2) is 15.6 Å². The van der Waals surface area contributed by atoms with Crippen LogP contribution in [0.3, 0.4) is 0 Å². The van der Waals surface area contributed by atoms with E-state index in [1.165, 1.54) is 0 Å². The molecule has 0 atom stereocenters. The van der Waals surface area contributed by atoms with E-state index in [0.717, 1.165) is 29.9 Å². The molecule has 0 unspecified atom stereocenters. The molecular formula is C11H16N2O. The molecule has 0 bridgehead atoms. The van der Waals surface area contributed by atoms with Gasteiger partial charge in [0.15, 0.2) is 5.78 Å². The van der Waals surface area contributed by atoms with Crippen molar-refractivity contribution in [1.29, 1.82) is 0 Å². The van der Waals surface area contributed by atoms with Gasteiger partial charge in [0.2, 0.25) is 0 Å². The SMILES string of the molecule is CCn1nc2c(c1C(C)C)C(=O)CC2. The van der Waals surface area contributed by atoms with E-state index in [4.69, 9.17) is 0 Å². The summed E-state index contributed by atoms with van der Waals surface area (Å²) in [7, 11) is 0. The van der Waals surface area contributed by atoms with Gasteiger partial charge >= 0.3 is 0 Å². The standard InChI is InChI=1S/C11H16N2O/c1-4-13-11(7(2)3)10-8(12-13)5-6-9(10)14/h7H,4-6H2,1-3H3. The van der Waals surface area contributed by atoms with Crippen LogP contribution in [0.25, 0.3) is 0 Å². The number of hydrogen-bond acceptors (Lipinski definition) is 2. The molecule has 0 saturated carbocycles. The highest BCUT2D eigenvalue weighted by molar-refractivity contribution is 6.01. The maximum atomic E-state index is 11.7. The van der Waals surface area contributed by atoms with Crippen molar-refractivity contribution in [2.45, 2.75) is 46.1 Å². The number of Topliss-reactive ketones (excluding diaryl/α,β-unsaturated/α-hetero) is 1. The van der Waals surface area contributed by atoms with E-state index < -0.39 is 0 Å². The van der Waals surface area contributed by atoms with Crippen LogP contribution in [0.5, 0.6) is 0 Å². The summed E-state index contributed by atoms with van der Waals surface area (Å²) in [6.07, 6.45) is 1.49. The van der Waals surface area contributed by atoms with Gasteiger partial charge in [-0.2, -0.15) is 5.10 Å². The van der Waals surface area contributed by atoms with Crippen molar-refractivity contribution >= 4 is 5.78 Å². The average Bonchev–Trinajstić information content (AvgIpc) is 2.65. The lowest BCUT2D eigenvalue weighted by atomic mass is 10.0. The lowest BCUT2D eigenvalue weighted by molar-refractivity contribution is 0.0992. The van der Waals surface area contributed by atoms with E-state index in [-0.39, 0.29) is 5.78 Å². The maximum Gasteiger partial charge on any atom is 0.167 e. The third kappa shape index (κ3) is 1.19. The average molecular weight is 192 g/mol. The second kappa shape index (κ2) is 3.23. The number of ketones is 1. The third-order valence-electron chi connectivity index (χ3n) is 2.78. The van der Waals surface area contributed by atoms with Crippen LogP contribution in [0, 0.1) is 0 Å². The van der Waals surface area contributed by atoms with Gasteiger partial charge in [0.05, 0.1) is 17.0 Å². The van der Waals surface area contributed by atoms with Crippen LogP contribution < -0.4 is 0 Å². The Morgan fingerprint density at radius 3 is 2.71 bits per heavy atom. The molecule has 0 aromatic carbocycles. The predicted molar refractivity (Wildman–Crippen MR) is 54.6 cm³/mol. The lowest BCUT2D eigenvalue weighted by Gasteiger charge is -2.09. The largest absolute Gasteiger partial charge is 0.294 e. The van der Waals surface area contributed by atoms with Crippen molar-refractivity contribution in [1.82, 2.24) is 9.78 Å². The molecule has 0 radical (unpaired) electrons. The van der Waals surface area contributed by atoms with E-state index in [1.807, 2.05) is 4.68 Å².